The largest absolute Gasteiger partial charge is 0.396 e. The van der Waals surface area contributed by atoms with Gasteiger partial charge < -0.3 is 10.4 Å². The standard InChI is InChI=1S/C17H22ClN3O/c18-15-3-7-17(8-4-15)21-11-14(10-20-21)9-19-16-5-1-13(12-22)2-6-16/h3-4,7-8,10-11,13,16,19,22H,1-2,5-6,9,12H2. The predicted molar refractivity (Wildman–Crippen MR) is 88.2 cm³/mol. The van der Waals surface area contributed by atoms with Crippen LogP contribution in [0.1, 0.15) is 31.2 Å². The fourth-order valence-corrected chi connectivity index (χ4v) is 3.12. The minimum Gasteiger partial charge on any atom is -0.396 e. The quantitative estimate of drug-likeness (QED) is 0.890. The molecular weight excluding hydrogens is 298 g/mol. The molecule has 2 aromatic rings. The minimum absolute atomic E-state index is 0.334. The van der Waals surface area contributed by atoms with E-state index in [1.165, 1.54) is 5.56 Å². The van der Waals surface area contributed by atoms with Gasteiger partial charge in [0.15, 0.2) is 0 Å². The highest BCUT2D eigenvalue weighted by Gasteiger charge is 2.20. The van der Waals surface area contributed by atoms with Gasteiger partial charge in [-0.1, -0.05) is 11.6 Å². The number of aliphatic hydroxyl groups excluding tert-OH is 1. The van der Waals surface area contributed by atoms with Crippen LogP contribution < -0.4 is 5.32 Å². The molecule has 1 saturated carbocycles. The second-order valence-corrected chi connectivity index (χ2v) is 6.49. The average Bonchev–Trinajstić information content (AvgIpc) is 3.03. The highest BCUT2D eigenvalue weighted by atomic mass is 35.5. The van der Waals surface area contributed by atoms with Crippen LogP contribution in [0.25, 0.3) is 5.69 Å². The van der Waals surface area contributed by atoms with Crippen molar-refractivity contribution in [2.45, 2.75) is 38.3 Å². The molecule has 1 aliphatic rings. The maximum Gasteiger partial charge on any atom is 0.0646 e. The molecule has 118 valence electrons. The molecule has 0 atom stereocenters. The molecule has 0 spiro atoms. The summed E-state index contributed by atoms with van der Waals surface area (Å²) in [5.74, 6) is 0.505. The van der Waals surface area contributed by atoms with Crippen molar-refractivity contribution in [2.75, 3.05) is 6.61 Å². The van der Waals surface area contributed by atoms with E-state index in [1.807, 2.05) is 35.1 Å². The third kappa shape index (κ3) is 3.88. The number of benzene rings is 1. The summed E-state index contributed by atoms with van der Waals surface area (Å²) in [5.41, 5.74) is 2.19. The molecule has 0 bridgehead atoms. The van der Waals surface area contributed by atoms with E-state index in [0.29, 0.717) is 18.6 Å². The lowest BCUT2D eigenvalue weighted by atomic mass is 9.86. The van der Waals surface area contributed by atoms with Crippen LogP contribution in [0.15, 0.2) is 36.7 Å². The number of rotatable bonds is 5. The van der Waals surface area contributed by atoms with E-state index in [1.54, 1.807) is 0 Å². The fourth-order valence-electron chi connectivity index (χ4n) is 3.00. The maximum atomic E-state index is 9.17. The molecule has 0 amide bonds. The summed E-state index contributed by atoms with van der Waals surface area (Å²) < 4.78 is 1.87. The van der Waals surface area contributed by atoms with E-state index < -0.39 is 0 Å². The number of nitrogens with zero attached hydrogens (tertiary/aromatic N) is 2. The molecule has 0 saturated heterocycles. The van der Waals surface area contributed by atoms with E-state index in [4.69, 9.17) is 11.6 Å². The SMILES string of the molecule is OCC1CCC(NCc2cnn(-c3ccc(Cl)cc3)c2)CC1. The van der Waals surface area contributed by atoms with Gasteiger partial charge in [-0.2, -0.15) is 5.10 Å². The van der Waals surface area contributed by atoms with E-state index >= 15 is 0 Å². The number of hydrogen-bond acceptors (Lipinski definition) is 3. The number of aliphatic hydroxyl groups is 1. The number of nitrogens with one attached hydrogen (secondary N) is 1. The van der Waals surface area contributed by atoms with Gasteiger partial charge in [0.2, 0.25) is 0 Å². The molecule has 2 N–H and O–H groups in total. The van der Waals surface area contributed by atoms with Crippen molar-refractivity contribution >= 4 is 11.6 Å². The first-order chi connectivity index (χ1) is 10.7. The van der Waals surface area contributed by atoms with Gasteiger partial charge in [-0.25, -0.2) is 4.68 Å². The monoisotopic (exact) mass is 319 g/mol. The third-order valence-electron chi connectivity index (χ3n) is 4.43. The van der Waals surface area contributed by atoms with Crippen molar-refractivity contribution in [3.63, 3.8) is 0 Å². The second-order valence-electron chi connectivity index (χ2n) is 6.05. The molecule has 1 fully saturated rings. The number of aromatic nitrogens is 2. The summed E-state index contributed by atoms with van der Waals surface area (Å²) in [6.07, 6.45) is 8.50. The molecular formula is C17H22ClN3O. The number of hydrogen-bond donors (Lipinski definition) is 2. The van der Waals surface area contributed by atoms with Crippen LogP contribution in [0.5, 0.6) is 0 Å². The lowest BCUT2D eigenvalue weighted by Gasteiger charge is -2.27. The lowest BCUT2D eigenvalue weighted by Crippen LogP contribution is -2.33. The Bertz CT molecular complexity index is 588. The van der Waals surface area contributed by atoms with Gasteiger partial charge in [0, 0.05) is 36.0 Å². The van der Waals surface area contributed by atoms with E-state index in [2.05, 4.69) is 16.6 Å². The summed E-state index contributed by atoms with van der Waals surface area (Å²) in [4.78, 5) is 0. The van der Waals surface area contributed by atoms with E-state index in [-0.39, 0.29) is 0 Å². The van der Waals surface area contributed by atoms with Crippen LogP contribution in [0.3, 0.4) is 0 Å². The first-order valence-corrected chi connectivity index (χ1v) is 8.26. The van der Waals surface area contributed by atoms with E-state index in [0.717, 1.165) is 42.9 Å². The lowest BCUT2D eigenvalue weighted by molar-refractivity contribution is 0.175. The van der Waals surface area contributed by atoms with E-state index in [9.17, 15) is 5.11 Å². The minimum atomic E-state index is 0.334. The van der Waals surface area contributed by atoms with Gasteiger partial charge in [-0.05, 0) is 55.9 Å². The Morgan fingerprint density at radius 3 is 2.59 bits per heavy atom. The zero-order valence-corrected chi connectivity index (χ0v) is 13.3. The first-order valence-electron chi connectivity index (χ1n) is 7.88. The predicted octanol–water partition coefficient (Wildman–Crippen LogP) is 3.17. The van der Waals surface area contributed by atoms with Crippen LogP contribution in [-0.2, 0) is 6.54 Å². The van der Waals surface area contributed by atoms with Crippen molar-refractivity contribution in [2.24, 2.45) is 5.92 Å². The Morgan fingerprint density at radius 1 is 1.18 bits per heavy atom. The van der Waals surface area contributed by atoms with Crippen LogP contribution in [0.4, 0.5) is 0 Å². The molecule has 0 radical (unpaired) electrons. The Labute approximate surface area is 136 Å². The Balaban J connectivity index is 1.53. The Kier molecular flexibility index (Phi) is 5.13. The smallest absolute Gasteiger partial charge is 0.0646 e. The zero-order chi connectivity index (χ0) is 15.4. The van der Waals surface area contributed by atoms with Gasteiger partial charge >= 0.3 is 0 Å². The summed E-state index contributed by atoms with van der Waals surface area (Å²) >= 11 is 5.91. The Morgan fingerprint density at radius 2 is 1.91 bits per heavy atom. The van der Waals surface area contributed by atoms with Gasteiger partial charge in [0.1, 0.15) is 0 Å². The molecule has 1 aromatic heterocycles. The van der Waals surface area contributed by atoms with Crippen molar-refractivity contribution in [1.29, 1.82) is 0 Å². The topological polar surface area (TPSA) is 50.1 Å². The van der Waals surface area contributed by atoms with Crippen molar-refractivity contribution in [1.82, 2.24) is 15.1 Å². The van der Waals surface area contributed by atoms with Gasteiger partial charge in [0.25, 0.3) is 0 Å². The normalized spacial score (nSPS) is 21.9. The second kappa shape index (κ2) is 7.27. The highest BCUT2D eigenvalue weighted by molar-refractivity contribution is 6.30. The first kappa shape index (κ1) is 15.5. The van der Waals surface area contributed by atoms with Gasteiger partial charge in [0.05, 0.1) is 11.9 Å². The molecule has 4 nitrogen and oxygen atoms in total. The molecule has 0 unspecified atom stereocenters. The summed E-state index contributed by atoms with van der Waals surface area (Å²) in [7, 11) is 0. The average molecular weight is 320 g/mol. The van der Waals surface area contributed by atoms with Crippen molar-refractivity contribution < 1.29 is 5.11 Å². The highest BCUT2D eigenvalue weighted by Crippen LogP contribution is 2.24. The molecule has 1 aliphatic carbocycles. The molecule has 22 heavy (non-hydrogen) atoms. The zero-order valence-electron chi connectivity index (χ0n) is 12.6. The van der Waals surface area contributed by atoms with Crippen LogP contribution >= 0.6 is 11.6 Å². The maximum absolute atomic E-state index is 9.17. The third-order valence-corrected chi connectivity index (χ3v) is 4.68. The van der Waals surface area contributed by atoms with Crippen LogP contribution in [0.2, 0.25) is 5.02 Å². The fraction of sp³-hybridized carbons (Fsp3) is 0.471. The van der Waals surface area contributed by atoms with Crippen molar-refractivity contribution in [3.8, 4) is 5.69 Å². The molecule has 1 heterocycles. The van der Waals surface area contributed by atoms with Crippen LogP contribution in [-0.4, -0.2) is 27.5 Å². The number of halogens is 1. The molecule has 3 rings (SSSR count). The molecule has 1 aromatic carbocycles. The van der Waals surface area contributed by atoms with Crippen LogP contribution in [0, 0.1) is 5.92 Å². The molecule has 0 aliphatic heterocycles. The Hall–Kier alpha value is -1.36. The summed E-state index contributed by atoms with van der Waals surface area (Å²) in [6, 6.07) is 8.22. The van der Waals surface area contributed by atoms with Gasteiger partial charge in [-0.3, -0.25) is 0 Å². The molecule has 5 heteroatoms. The summed E-state index contributed by atoms with van der Waals surface area (Å²) in [5, 5.41) is 17.9. The van der Waals surface area contributed by atoms with Gasteiger partial charge in [-0.15, -0.1) is 0 Å². The van der Waals surface area contributed by atoms with Crippen molar-refractivity contribution in [3.05, 3.63) is 47.2 Å². The summed E-state index contributed by atoms with van der Waals surface area (Å²) in [6.45, 7) is 1.17.